The highest BCUT2D eigenvalue weighted by molar-refractivity contribution is 5.92. The lowest BCUT2D eigenvalue weighted by molar-refractivity contribution is 0.0698. The zero-order valence-electron chi connectivity index (χ0n) is 11.2. The Bertz CT molecular complexity index is 620. The Hall–Kier alpha value is -2.18. The maximum Gasteiger partial charge on any atom is 0.270 e. The van der Waals surface area contributed by atoms with Crippen molar-refractivity contribution in [3.8, 4) is 0 Å². The number of nitrogens with one attached hydrogen (secondary N) is 1. The Morgan fingerprint density at radius 2 is 2.40 bits per heavy atom. The van der Waals surface area contributed by atoms with Gasteiger partial charge >= 0.3 is 0 Å². The number of carbonyl (C=O) groups excluding carboxylic acids is 1. The Morgan fingerprint density at radius 3 is 3.05 bits per heavy atom. The standard InChI is InChI=1S/C13H16FN5O/c1-18-8-16-17-12(18)9-3-2-4-19(7-9)13(20)11-5-10(14)6-15-11/h5-6,8-9,15H,2-4,7H2,1H3. The Kier molecular flexibility index (Phi) is 3.25. The van der Waals surface area contributed by atoms with E-state index in [0.29, 0.717) is 18.8 Å². The first-order valence-corrected chi connectivity index (χ1v) is 6.62. The molecule has 3 rings (SSSR count). The van der Waals surface area contributed by atoms with Crippen LogP contribution in [0.3, 0.4) is 0 Å². The summed E-state index contributed by atoms with van der Waals surface area (Å²) in [7, 11) is 1.90. The Balaban J connectivity index is 1.75. The molecule has 20 heavy (non-hydrogen) atoms. The van der Waals surface area contributed by atoms with Crippen molar-refractivity contribution >= 4 is 5.91 Å². The topological polar surface area (TPSA) is 66.8 Å². The van der Waals surface area contributed by atoms with Crippen molar-refractivity contribution in [2.75, 3.05) is 13.1 Å². The first-order chi connectivity index (χ1) is 9.65. The number of aryl methyl sites for hydroxylation is 1. The van der Waals surface area contributed by atoms with Crippen LogP contribution in [0.2, 0.25) is 0 Å². The van der Waals surface area contributed by atoms with E-state index in [9.17, 15) is 9.18 Å². The predicted octanol–water partition coefficient (Wildman–Crippen LogP) is 1.30. The van der Waals surface area contributed by atoms with Gasteiger partial charge in [0.05, 0.1) is 0 Å². The number of piperidine rings is 1. The highest BCUT2D eigenvalue weighted by Gasteiger charge is 2.28. The minimum atomic E-state index is -0.421. The van der Waals surface area contributed by atoms with Crippen molar-refractivity contribution in [3.63, 3.8) is 0 Å². The summed E-state index contributed by atoms with van der Waals surface area (Å²) in [5.74, 6) is 0.483. The average molecular weight is 277 g/mol. The molecule has 2 aromatic heterocycles. The lowest BCUT2D eigenvalue weighted by Gasteiger charge is -2.31. The third kappa shape index (κ3) is 2.31. The molecule has 2 aromatic rings. The summed E-state index contributed by atoms with van der Waals surface area (Å²) in [5.41, 5.74) is 0.293. The van der Waals surface area contributed by atoms with Crippen LogP contribution in [0.15, 0.2) is 18.6 Å². The van der Waals surface area contributed by atoms with Crippen molar-refractivity contribution in [1.82, 2.24) is 24.6 Å². The van der Waals surface area contributed by atoms with E-state index < -0.39 is 5.82 Å². The van der Waals surface area contributed by atoms with Gasteiger partial charge < -0.3 is 14.5 Å². The van der Waals surface area contributed by atoms with Gasteiger partial charge in [-0.05, 0) is 12.8 Å². The summed E-state index contributed by atoms with van der Waals surface area (Å²) in [6.45, 7) is 1.28. The molecule has 0 bridgehead atoms. The molecule has 1 aliphatic rings. The fraction of sp³-hybridized carbons (Fsp3) is 0.462. The number of halogens is 1. The summed E-state index contributed by atoms with van der Waals surface area (Å²) in [6.07, 6.45) is 4.75. The van der Waals surface area contributed by atoms with Crippen molar-refractivity contribution in [2.45, 2.75) is 18.8 Å². The van der Waals surface area contributed by atoms with E-state index in [1.807, 2.05) is 11.6 Å². The monoisotopic (exact) mass is 277 g/mol. The largest absolute Gasteiger partial charge is 0.355 e. The molecule has 1 aliphatic heterocycles. The number of carbonyl (C=O) groups is 1. The van der Waals surface area contributed by atoms with Crippen LogP contribution in [-0.2, 0) is 7.05 Å². The van der Waals surface area contributed by atoms with Gasteiger partial charge in [0.2, 0.25) is 0 Å². The Morgan fingerprint density at radius 1 is 1.55 bits per heavy atom. The third-order valence-electron chi connectivity index (χ3n) is 3.70. The van der Waals surface area contributed by atoms with Gasteiger partial charge in [-0.2, -0.15) is 0 Å². The zero-order valence-corrected chi connectivity index (χ0v) is 11.2. The minimum Gasteiger partial charge on any atom is -0.355 e. The second-order valence-corrected chi connectivity index (χ2v) is 5.12. The predicted molar refractivity (Wildman–Crippen MR) is 69.6 cm³/mol. The average Bonchev–Trinajstić information content (AvgIpc) is 3.07. The van der Waals surface area contributed by atoms with E-state index in [0.717, 1.165) is 18.7 Å². The van der Waals surface area contributed by atoms with Gasteiger partial charge in [0.25, 0.3) is 5.91 Å². The van der Waals surface area contributed by atoms with E-state index in [4.69, 9.17) is 0 Å². The van der Waals surface area contributed by atoms with Crippen LogP contribution >= 0.6 is 0 Å². The number of nitrogens with zero attached hydrogens (tertiary/aromatic N) is 4. The zero-order chi connectivity index (χ0) is 14.1. The van der Waals surface area contributed by atoms with Crippen LogP contribution < -0.4 is 0 Å². The first-order valence-electron chi connectivity index (χ1n) is 6.62. The summed E-state index contributed by atoms with van der Waals surface area (Å²) in [4.78, 5) is 16.7. The molecule has 1 amide bonds. The summed E-state index contributed by atoms with van der Waals surface area (Å²) in [5, 5.41) is 8.00. The molecule has 106 valence electrons. The smallest absolute Gasteiger partial charge is 0.270 e. The molecule has 1 fully saturated rings. The highest BCUT2D eigenvalue weighted by atomic mass is 19.1. The quantitative estimate of drug-likeness (QED) is 0.899. The fourth-order valence-corrected chi connectivity index (χ4v) is 2.70. The number of aromatic amines is 1. The van der Waals surface area contributed by atoms with E-state index >= 15 is 0 Å². The van der Waals surface area contributed by atoms with Gasteiger partial charge in [0.1, 0.15) is 23.7 Å². The molecule has 0 saturated carbocycles. The molecule has 3 heterocycles. The lowest BCUT2D eigenvalue weighted by atomic mass is 9.97. The second kappa shape index (κ2) is 5.07. The maximum absolute atomic E-state index is 13.0. The van der Waals surface area contributed by atoms with Gasteiger partial charge in [0, 0.05) is 38.3 Å². The molecule has 0 radical (unpaired) electrons. The van der Waals surface area contributed by atoms with Crippen molar-refractivity contribution in [1.29, 1.82) is 0 Å². The highest BCUT2D eigenvalue weighted by Crippen LogP contribution is 2.25. The van der Waals surface area contributed by atoms with Gasteiger partial charge in [0.15, 0.2) is 0 Å². The second-order valence-electron chi connectivity index (χ2n) is 5.12. The van der Waals surface area contributed by atoms with Crippen LogP contribution in [-0.4, -0.2) is 43.6 Å². The van der Waals surface area contributed by atoms with E-state index in [1.54, 1.807) is 11.2 Å². The lowest BCUT2D eigenvalue weighted by Crippen LogP contribution is -2.39. The molecule has 0 aliphatic carbocycles. The summed E-state index contributed by atoms with van der Waals surface area (Å²) >= 11 is 0. The molecule has 1 unspecified atom stereocenters. The molecule has 0 spiro atoms. The molecule has 7 heteroatoms. The third-order valence-corrected chi connectivity index (χ3v) is 3.70. The SMILES string of the molecule is Cn1cnnc1C1CCCN(C(=O)c2cc(F)c[nH]2)C1. The normalized spacial score (nSPS) is 19.3. The Labute approximate surface area is 115 Å². The molecular formula is C13H16FN5O. The van der Waals surface area contributed by atoms with Gasteiger partial charge in [-0.3, -0.25) is 4.79 Å². The van der Waals surface area contributed by atoms with Crippen LogP contribution in [0.25, 0.3) is 0 Å². The summed E-state index contributed by atoms with van der Waals surface area (Å²) in [6, 6.07) is 1.23. The van der Waals surface area contributed by atoms with E-state index in [2.05, 4.69) is 15.2 Å². The van der Waals surface area contributed by atoms with Crippen LogP contribution in [0, 0.1) is 5.82 Å². The molecule has 0 aromatic carbocycles. The van der Waals surface area contributed by atoms with Crippen molar-refractivity contribution in [3.05, 3.63) is 35.9 Å². The molecular weight excluding hydrogens is 261 g/mol. The summed E-state index contributed by atoms with van der Waals surface area (Å²) < 4.78 is 14.9. The number of aromatic nitrogens is 4. The maximum atomic E-state index is 13.0. The fourth-order valence-electron chi connectivity index (χ4n) is 2.70. The van der Waals surface area contributed by atoms with Crippen LogP contribution in [0.5, 0.6) is 0 Å². The van der Waals surface area contributed by atoms with Crippen molar-refractivity contribution in [2.24, 2.45) is 7.05 Å². The number of likely N-dealkylation sites (tertiary alicyclic amines) is 1. The molecule has 6 nitrogen and oxygen atoms in total. The minimum absolute atomic E-state index is 0.166. The first kappa shape index (κ1) is 12.8. The van der Waals surface area contributed by atoms with Crippen LogP contribution in [0.4, 0.5) is 4.39 Å². The molecule has 1 N–H and O–H groups in total. The van der Waals surface area contributed by atoms with Crippen molar-refractivity contribution < 1.29 is 9.18 Å². The van der Waals surface area contributed by atoms with E-state index in [-0.39, 0.29) is 11.8 Å². The number of hydrogen-bond acceptors (Lipinski definition) is 3. The van der Waals surface area contributed by atoms with Gasteiger partial charge in [-0.25, -0.2) is 4.39 Å². The number of H-pyrrole nitrogens is 1. The number of rotatable bonds is 2. The molecule has 1 saturated heterocycles. The number of amides is 1. The van der Waals surface area contributed by atoms with E-state index in [1.165, 1.54) is 12.3 Å². The van der Waals surface area contributed by atoms with Gasteiger partial charge in [-0.1, -0.05) is 0 Å². The van der Waals surface area contributed by atoms with Gasteiger partial charge in [-0.15, -0.1) is 10.2 Å². The van der Waals surface area contributed by atoms with Crippen LogP contribution in [0.1, 0.15) is 35.1 Å². The number of hydrogen-bond donors (Lipinski definition) is 1. The molecule has 1 atom stereocenters.